The van der Waals surface area contributed by atoms with Crippen LogP contribution in [0.5, 0.6) is 0 Å². The number of carboxylic acids is 1. The molecule has 0 aromatic rings. The molecule has 1 saturated heterocycles. The van der Waals surface area contributed by atoms with E-state index in [0.29, 0.717) is 25.8 Å². The van der Waals surface area contributed by atoms with Gasteiger partial charge in [0.1, 0.15) is 12.1 Å². The molecule has 7 nitrogen and oxygen atoms in total. The van der Waals surface area contributed by atoms with Crippen molar-refractivity contribution < 1.29 is 19.5 Å². The molecule has 0 aliphatic carbocycles. The highest BCUT2D eigenvalue weighted by atomic mass is 32.1. The van der Waals surface area contributed by atoms with Crippen LogP contribution in [0.4, 0.5) is 0 Å². The monoisotopic (exact) mass is 331 g/mol. The summed E-state index contributed by atoms with van der Waals surface area (Å²) in [6.07, 6.45) is 1.77. The van der Waals surface area contributed by atoms with Gasteiger partial charge in [-0.15, -0.1) is 0 Å². The van der Waals surface area contributed by atoms with Crippen LogP contribution in [0.1, 0.15) is 33.1 Å². The van der Waals surface area contributed by atoms with Crippen LogP contribution < -0.4 is 11.1 Å². The summed E-state index contributed by atoms with van der Waals surface area (Å²) in [5.74, 6) is -1.74. The number of thiol groups is 1. The number of hydrogen-bond acceptors (Lipinski definition) is 5. The maximum Gasteiger partial charge on any atom is 0.326 e. The topological polar surface area (TPSA) is 113 Å². The highest BCUT2D eigenvalue weighted by Crippen LogP contribution is 2.21. The van der Waals surface area contributed by atoms with Gasteiger partial charge in [-0.1, -0.05) is 20.3 Å². The average molecular weight is 331 g/mol. The molecule has 1 fully saturated rings. The third-order valence-electron chi connectivity index (χ3n) is 4.13. The fourth-order valence-electron chi connectivity index (χ4n) is 2.49. The molecule has 1 rings (SSSR count). The Morgan fingerprint density at radius 3 is 2.59 bits per heavy atom. The zero-order chi connectivity index (χ0) is 16.9. The van der Waals surface area contributed by atoms with Crippen LogP contribution in [-0.2, 0) is 14.4 Å². The van der Waals surface area contributed by atoms with Crippen molar-refractivity contribution >= 4 is 30.4 Å². The molecular weight excluding hydrogens is 306 g/mol. The molecule has 0 bridgehead atoms. The molecule has 22 heavy (non-hydrogen) atoms. The molecule has 0 aromatic heterocycles. The van der Waals surface area contributed by atoms with Gasteiger partial charge in [0, 0.05) is 12.3 Å². The zero-order valence-corrected chi connectivity index (χ0v) is 13.9. The second-order valence-electron chi connectivity index (χ2n) is 5.69. The molecule has 0 saturated carbocycles. The number of aliphatic carboxylic acids is 1. The van der Waals surface area contributed by atoms with Crippen LogP contribution in [0.2, 0.25) is 0 Å². The number of amides is 2. The van der Waals surface area contributed by atoms with Gasteiger partial charge in [0.15, 0.2) is 0 Å². The molecule has 4 atom stereocenters. The van der Waals surface area contributed by atoms with Crippen LogP contribution in [0.3, 0.4) is 0 Å². The first kappa shape index (κ1) is 18.8. The highest BCUT2D eigenvalue weighted by Gasteiger charge is 2.39. The van der Waals surface area contributed by atoms with Crippen molar-refractivity contribution in [1.29, 1.82) is 0 Å². The van der Waals surface area contributed by atoms with Crippen molar-refractivity contribution in [3.05, 3.63) is 0 Å². The number of carbonyl (C=O) groups excluding carboxylic acids is 2. The molecule has 0 spiro atoms. The fraction of sp³-hybridized carbons (Fsp3) is 0.786. The lowest BCUT2D eigenvalue weighted by Gasteiger charge is -2.30. The van der Waals surface area contributed by atoms with Crippen LogP contribution in [0.25, 0.3) is 0 Å². The van der Waals surface area contributed by atoms with E-state index in [0.717, 1.165) is 0 Å². The van der Waals surface area contributed by atoms with Crippen LogP contribution >= 0.6 is 12.6 Å². The van der Waals surface area contributed by atoms with Crippen molar-refractivity contribution in [2.75, 3.05) is 12.3 Å². The largest absolute Gasteiger partial charge is 0.480 e. The molecule has 2 amide bonds. The molecule has 1 aliphatic rings. The second kappa shape index (κ2) is 8.38. The van der Waals surface area contributed by atoms with Crippen molar-refractivity contribution in [3.8, 4) is 0 Å². The standard InChI is InChI=1S/C14H25N3O4S/c1-3-8(2)11(16-12(18)9(15)7-22)13(19)17-6-4-5-10(17)14(20)21/h8-11,22H,3-7,15H2,1-2H3,(H,16,18)(H,20,21). The highest BCUT2D eigenvalue weighted by molar-refractivity contribution is 7.80. The summed E-state index contributed by atoms with van der Waals surface area (Å²) in [4.78, 5) is 37.3. The lowest BCUT2D eigenvalue weighted by molar-refractivity contribution is -0.150. The van der Waals surface area contributed by atoms with Gasteiger partial charge in [-0.25, -0.2) is 4.79 Å². The maximum absolute atomic E-state index is 12.7. The van der Waals surface area contributed by atoms with E-state index in [4.69, 9.17) is 5.73 Å². The smallest absolute Gasteiger partial charge is 0.326 e. The number of carbonyl (C=O) groups is 3. The molecule has 4 unspecified atom stereocenters. The lowest BCUT2D eigenvalue weighted by Crippen LogP contribution is -2.57. The van der Waals surface area contributed by atoms with Crippen molar-refractivity contribution in [2.24, 2.45) is 11.7 Å². The Morgan fingerprint density at radius 2 is 2.09 bits per heavy atom. The minimum atomic E-state index is -1.01. The zero-order valence-electron chi connectivity index (χ0n) is 13.0. The summed E-state index contributed by atoms with van der Waals surface area (Å²) in [5.41, 5.74) is 5.63. The van der Waals surface area contributed by atoms with Crippen LogP contribution in [0.15, 0.2) is 0 Å². The Kier molecular flexibility index (Phi) is 7.15. The fourth-order valence-corrected chi connectivity index (χ4v) is 2.66. The van der Waals surface area contributed by atoms with Crippen molar-refractivity contribution in [2.45, 2.75) is 51.2 Å². The number of nitrogens with one attached hydrogen (secondary N) is 1. The first-order valence-electron chi connectivity index (χ1n) is 7.53. The van der Waals surface area contributed by atoms with E-state index in [2.05, 4.69) is 17.9 Å². The maximum atomic E-state index is 12.7. The first-order valence-corrected chi connectivity index (χ1v) is 8.16. The van der Waals surface area contributed by atoms with E-state index < -0.39 is 30.0 Å². The Labute approximate surface area is 136 Å². The first-order chi connectivity index (χ1) is 10.3. The third kappa shape index (κ3) is 4.36. The van der Waals surface area contributed by atoms with E-state index >= 15 is 0 Å². The van der Waals surface area contributed by atoms with Gasteiger partial charge >= 0.3 is 5.97 Å². The summed E-state index contributed by atoms with van der Waals surface area (Å²) in [5, 5.41) is 11.9. The van der Waals surface area contributed by atoms with Gasteiger partial charge in [0.25, 0.3) is 0 Å². The van der Waals surface area contributed by atoms with Gasteiger partial charge in [-0.3, -0.25) is 9.59 Å². The number of likely N-dealkylation sites (tertiary alicyclic amines) is 1. The summed E-state index contributed by atoms with van der Waals surface area (Å²) in [6.45, 7) is 4.16. The Balaban J connectivity index is 2.89. The summed E-state index contributed by atoms with van der Waals surface area (Å²) >= 11 is 3.97. The van der Waals surface area contributed by atoms with E-state index in [1.807, 2.05) is 13.8 Å². The molecule has 126 valence electrons. The predicted octanol–water partition coefficient (Wildman–Crippen LogP) is -0.150. The number of nitrogens with two attached hydrogens (primary N) is 1. The predicted molar refractivity (Wildman–Crippen MR) is 85.6 cm³/mol. The summed E-state index contributed by atoms with van der Waals surface area (Å²) in [7, 11) is 0. The summed E-state index contributed by atoms with van der Waals surface area (Å²) < 4.78 is 0. The van der Waals surface area contributed by atoms with E-state index in [1.54, 1.807) is 0 Å². The lowest BCUT2D eigenvalue weighted by atomic mass is 9.97. The number of hydrogen-bond donors (Lipinski definition) is 4. The second-order valence-corrected chi connectivity index (χ2v) is 6.05. The van der Waals surface area contributed by atoms with E-state index in [9.17, 15) is 19.5 Å². The number of carboxylic acid groups (broad SMARTS) is 1. The Bertz CT molecular complexity index is 432. The molecule has 8 heteroatoms. The molecular formula is C14H25N3O4S. The molecule has 1 aliphatic heterocycles. The minimum Gasteiger partial charge on any atom is -0.480 e. The average Bonchev–Trinajstić information content (AvgIpc) is 2.99. The molecule has 0 aromatic carbocycles. The number of rotatable bonds is 7. The van der Waals surface area contributed by atoms with Gasteiger partial charge in [-0.05, 0) is 18.8 Å². The quantitative estimate of drug-likeness (QED) is 0.485. The van der Waals surface area contributed by atoms with Gasteiger partial charge in [-0.2, -0.15) is 12.6 Å². The van der Waals surface area contributed by atoms with Gasteiger partial charge in [0.2, 0.25) is 11.8 Å². The van der Waals surface area contributed by atoms with Crippen LogP contribution in [0, 0.1) is 5.92 Å². The Morgan fingerprint density at radius 1 is 1.45 bits per heavy atom. The molecule has 0 radical (unpaired) electrons. The van der Waals surface area contributed by atoms with E-state index in [1.165, 1.54) is 4.90 Å². The number of nitrogens with zero attached hydrogens (tertiary/aromatic N) is 1. The third-order valence-corrected chi connectivity index (χ3v) is 4.52. The van der Waals surface area contributed by atoms with Gasteiger partial charge in [0.05, 0.1) is 6.04 Å². The van der Waals surface area contributed by atoms with Gasteiger partial charge < -0.3 is 21.1 Å². The minimum absolute atomic E-state index is 0.112. The van der Waals surface area contributed by atoms with Crippen molar-refractivity contribution in [3.63, 3.8) is 0 Å². The normalized spacial score (nSPS) is 22.0. The summed E-state index contributed by atoms with van der Waals surface area (Å²) in [6, 6.07) is -2.37. The molecule has 4 N–H and O–H groups in total. The van der Waals surface area contributed by atoms with Crippen LogP contribution in [-0.4, -0.2) is 58.2 Å². The Hall–Kier alpha value is -1.28. The van der Waals surface area contributed by atoms with E-state index in [-0.39, 0.29) is 17.6 Å². The van der Waals surface area contributed by atoms with Crippen molar-refractivity contribution in [1.82, 2.24) is 10.2 Å². The SMILES string of the molecule is CCC(C)C(NC(=O)C(N)CS)C(=O)N1CCCC1C(=O)O. The molecule has 1 heterocycles.